The van der Waals surface area contributed by atoms with Gasteiger partial charge in [-0.05, 0) is 42.1 Å². The van der Waals surface area contributed by atoms with Gasteiger partial charge in [0.05, 0.1) is 0 Å². The maximum Gasteiger partial charge on any atom is 0.176 e. The van der Waals surface area contributed by atoms with Crippen molar-refractivity contribution in [3.05, 3.63) is 48.3 Å². The Morgan fingerprint density at radius 1 is 1.05 bits per heavy atom. The Hall–Kier alpha value is -2.55. The molecule has 2 aromatic carbocycles. The molecule has 3 heteroatoms. The van der Waals surface area contributed by atoms with Gasteiger partial charge < -0.3 is 9.67 Å². The molecule has 0 unspecified atom stereocenters. The molecule has 4 aromatic rings. The number of phenols is 1. The minimum atomic E-state index is 0.313. The Labute approximate surface area is 122 Å². The standard InChI is InChI=1S/C18H16N2O/c1-11-15-10-19(2)7-6-12(15)8-17-18(11)14-9-13(21)4-5-16(14)20(17)3/h4-10H,1-3H3/p+1. The van der Waals surface area contributed by atoms with Crippen LogP contribution in [0.4, 0.5) is 0 Å². The number of phenolic OH excluding ortho intramolecular Hbond substituents is 1. The van der Waals surface area contributed by atoms with E-state index in [1.807, 2.05) is 19.2 Å². The van der Waals surface area contributed by atoms with Crippen LogP contribution in [-0.4, -0.2) is 9.67 Å². The highest BCUT2D eigenvalue weighted by Crippen LogP contribution is 2.36. The van der Waals surface area contributed by atoms with Crippen LogP contribution < -0.4 is 4.57 Å². The molecule has 0 saturated carbocycles. The molecular formula is C18H17N2O+. The summed E-state index contributed by atoms with van der Waals surface area (Å²) in [6.45, 7) is 2.16. The Bertz CT molecular complexity index is 1030. The zero-order chi connectivity index (χ0) is 14.7. The van der Waals surface area contributed by atoms with E-state index in [0.29, 0.717) is 5.75 Å². The topological polar surface area (TPSA) is 29.0 Å². The summed E-state index contributed by atoms with van der Waals surface area (Å²) in [7, 11) is 4.12. The van der Waals surface area contributed by atoms with Crippen LogP contribution in [0.15, 0.2) is 42.7 Å². The van der Waals surface area contributed by atoms with E-state index in [1.54, 1.807) is 6.07 Å². The van der Waals surface area contributed by atoms with Crippen LogP contribution in [-0.2, 0) is 14.1 Å². The molecule has 0 aliphatic heterocycles. The zero-order valence-electron chi connectivity index (χ0n) is 12.4. The van der Waals surface area contributed by atoms with Gasteiger partial charge >= 0.3 is 0 Å². The fourth-order valence-corrected chi connectivity index (χ4v) is 3.35. The molecular weight excluding hydrogens is 260 g/mol. The van der Waals surface area contributed by atoms with Gasteiger partial charge in [0.2, 0.25) is 0 Å². The maximum atomic E-state index is 9.83. The second-order valence-corrected chi connectivity index (χ2v) is 5.77. The summed E-state index contributed by atoms with van der Waals surface area (Å²) in [5.41, 5.74) is 3.61. The van der Waals surface area contributed by atoms with Crippen LogP contribution >= 0.6 is 0 Å². The highest BCUT2D eigenvalue weighted by atomic mass is 16.3. The fourth-order valence-electron chi connectivity index (χ4n) is 3.35. The number of fused-ring (bicyclic) bond motifs is 4. The lowest BCUT2D eigenvalue weighted by molar-refractivity contribution is -0.670. The number of nitrogens with zero attached hydrogens (tertiary/aromatic N) is 2. The molecule has 0 aliphatic carbocycles. The predicted molar refractivity (Wildman–Crippen MR) is 85.5 cm³/mol. The number of hydrogen-bond donors (Lipinski definition) is 1. The quantitative estimate of drug-likeness (QED) is 0.491. The Kier molecular flexibility index (Phi) is 2.31. The molecule has 1 N–H and O–H groups in total. The number of aromatic hydroxyl groups is 1. The monoisotopic (exact) mass is 277 g/mol. The lowest BCUT2D eigenvalue weighted by Crippen LogP contribution is -2.26. The van der Waals surface area contributed by atoms with E-state index >= 15 is 0 Å². The summed E-state index contributed by atoms with van der Waals surface area (Å²) in [5.74, 6) is 0.313. The Morgan fingerprint density at radius 2 is 1.86 bits per heavy atom. The summed E-state index contributed by atoms with van der Waals surface area (Å²) >= 11 is 0. The third-order valence-corrected chi connectivity index (χ3v) is 4.43. The van der Waals surface area contributed by atoms with E-state index in [-0.39, 0.29) is 0 Å². The largest absolute Gasteiger partial charge is 0.508 e. The van der Waals surface area contributed by atoms with Crippen LogP contribution in [0.3, 0.4) is 0 Å². The average molecular weight is 277 g/mol. The molecule has 3 nitrogen and oxygen atoms in total. The summed E-state index contributed by atoms with van der Waals surface area (Å²) in [4.78, 5) is 0. The second-order valence-electron chi connectivity index (χ2n) is 5.77. The van der Waals surface area contributed by atoms with E-state index in [1.165, 1.54) is 27.2 Å². The molecule has 0 aliphatic rings. The first kappa shape index (κ1) is 12.2. The zero-order valence-corrected chi connectivity index (χ0v) is 12.4. The highest BCUT2D eigenvalue weighted by molar-refractivity contribution is 6.15. The summed E-state index contributed by atoms with van der Waals surface area (Å²) < 4.78 is 4.27. The van der Waals surface area contributed by atoms with Gasteiger partial charge in [0, 0.05) is 40.3 Å². The van der Waals surface area contributed by atoms with E-state index in [2.05, 4.69) is 47.6 Å². The van der Waals surface area contributed by atoms with Gasteiger partial charge in [-0.25, -0.2) is 4.57 Å². The van der Waals surface area contributed by atoms with Crippen LogP contribution in [0.2, 0.25) is 0 Å². The number of hydrogen-bond acceptors (Lipinski definition) is 1. The number of rotatable bonds is 0. The van der Waals surface area contributed by atoms with Crippen molar-refractivity contribution < 1.29 is 9.67 Å². The van der Waals surface area contributed by atoms with Crippen molar-refractivity contribution in [2.24, 2.45) is 14.1 Å². The molecule has 0 spiro atoms. The van der Waals surface area contributed by atoms with E-state index in [4.69, 9.17) is 0 Å². The van der Waals surface area contributed by atoms with E-state index in [0.717, 1.165) is 10.9 Å². The van der Waals surface area contributed by atoms with Gasteiger partial charge in [0.25, 0.3) is 0 Å². The number of pyridine rings is 1. The summed E-state index contributed by atoms with van der Waals surface area (Å²) in [6, 6.07) is 9.97. The summed E-state index contributed by atoms with van der Waals surface area (Å²) in [5, 5.41) is 14.7. The van der Waals surface area contributed by atoms with Crippen molar-refractivity contribution >= 4 is 32.6 Å². The van der Waals surface area contributed by atoms with Crippen LogP contribution in [0.1, 0.15) is 5.56 Å². The molecule has 0 bridgehead atoms. The molecule has 2 aromatic heterocycles. The van der Waals surface area contributed by atoms with Crippen molar-refractivity contribution in [2.45, 2.75) is 6.92 Å². The smallest absolute Gasteiger partial charge is 0.176 e. The molecule has 104 valence electrons. The number of benzene rings is 2. The van der Waals surface area contributed by atoms with Gasteiger partial charge in [-0.1, -0.05) is 0 Å². The van der Waals surface area contributed by atoms with Crippen molar-refractivity contribution in [1.29, 1.82) is 0 Å². The molecule has 0 saturated heterocycles. The number of aryl methyl sites for hydroxylation is 3. The van der Waals surface area contributed by atoms with E-state index in [9.17, 15) is 5.11 Å². The third-order valence-electron chi connectivity index (χ3n) is 4.43. The van der Waals surface area contributed by atoms with Crippen LogP contribution in [0, 0.1) is 6.92 Å². The summed E-state index contributed by atoms with van der Waals surface area (Å²) in [6.07, 6.45) is 4.23. The average Bonchev–Trinajstić information content (AvgIpc) is 2.73. The van der Waals surface area contributed by atoms with Gasteiger partial charge in [0.1, 0.15) is 12.8 Å². The number of aromatic nitrogens is 2. The first-order valence-corrected chi connectivity index (χ1v) is 7.06. The van der Waals surface area contributed by atoms with Crippen molar-refractivity contribution in [1.82, 2.24) is 4.57 Å². The normalized spacial score (nSPS) is 11.8. The van der Waals surface area contributed by atoms with E-state index < -0.39 is 0 Å². The SMILES string of the molecule is Cc1c2c[n+](C)ccc2cc2c1c1cc(O)ccc1n2C. The minimum absolute atomic E-state index is 0.313. The lowest BCUT2D eigenvalue weighted by atomic mass is 10.0. The first-order chi connectivity index (χ1) is 10.1. The Balaban J connectivity index is 2.33. The molecule has 0 fully saturated rings. The molecule has 0 amide bonds. The lowest BCUT2D eigenvalue weighted by Gasteiger charge is -2.04. The fraction of sp³-hybridized carbons (Fsp3) is 0.167. The molecule has 4 rings (SSSR count). The third kappa shape index (κ3) is 1.57. The molecule has 0 radical (unpaired) electrons. The van der Waals surface area contributed by atoms with Gasteiger partial charge in [-0.2, -0.15) is 0 Å². The minimum Gasteiger partial charge on any atom is -0.508 e. The van der Waals surface area contributed by atoms with Gasteiger partial charge in [-0.3, -0.25) is 0 Å². The van der Waals surface area contributed by atoms with Crippen LogP contribution in [0.25, 0.3) is 32.6 Å². The second kappa shape index (κ2) is 3.98. The molecule has 0 atom stereocenters. The maximum absolute atomic E-state index is 9.83. The first-order valence-electron chi connectivity index (χ1n) is 7.06. The van der Waals surface area contributed by atoms with Gasteiger partial charge in [-0.15, -0.1) is 0 Å². The predicted octanol–water partition coefficient (Wildman–Crippen LogP) is 3.32. The van der Waals surface area contributed by atoms with Crippen LogP contribution in [0.5, 0.6) is 5.75 Å². The van der Waals surface area contributed by atoms with Crippen molar-refractivity contribution in [2.75, 3.05) is 0 Å². The highest BCUT2D eigenvalue weighted by Gasteiger charge is 2.14. The molecule has 2 heterocycles. The molecule has 21 heavy (non-hydrogen) atoms. The van der Waals surface area contributed by atoms with Crippen molar-refractivity contribution in [3.63, 3.8) is 0 Å². The van der Waals surface area contributed by atoms with Gasteiger partial charge in [0.15, 0.2) is 12.4 Å². The Morgan fingerprint density at radius 3 is 2.67 bits per heavy atom. The van der Waals surface area contributed by atoms with Crippen molar-refractivity contribution in [3.8, 4) is 5.75 Å².